The lowest BCUT2D eigenvalue weighted by Gasteiger charge is -2.28. The van der Waals surface area contributed by atoms with E-state index in [-0.39, 0.29) is 18.2 Å². The van der Waals surface area contributed by atoms with Crippen LogP contribution in [0.5, 0.6) is 5.75 Å². The van der Waals surface area contributed by atoms with Gasteiger partial charge in [-0.2, -0.15) is 0 Å². The average molecular weight is 432 g/mol. The highest BCUT2D eigenvalue weighted by molar-refractivity contribution is 9.10. The van der Waals surface area contributed by atoms with E-state index in [0.29, 0.717) is 5.25 Å². The summed E-state index contributed by atoms with van der Waals surface area (Å²) in [6.07, 6.45) is 2.00. The fourth-order valence-corrected chi connectivity index (χ4v) is 5.11. The van der Waals surface area contributed by atoms with Crippen LogP contribution < -0.4 is 4.74 Å². The highest BCUT2D eigenvalue weighted by atomic mass is 79.9. The number of hydrogen-bond acceptors (Lipinski definition) is 5. The largest absolute Gasteiger partial charge is 0.490 e. The fraction of sp³-hybridized carbons (Fsp3) is 0.400. The second-order valence-electron chi connectivity index (χ2n) is 6.99. The van der Waals surface area contributed by atoms with Gasteiger partial charge in [0.1, 0.15) is 11.8 Å². The van der Waals surface area contributed by atoms with E-state index in [9.17, 15) is 0 Å². The number of hydrogen-bond donors (Lipinski definition) is 0. The number of benzene rings is 1. The van der Waals surface area contributed by atoms with Crippen LogP contribution in [0.2, 0.25) is 0 Å². The smallest absolute Gasteiger partial charge is 0.160 e. The van der Waals surface area contributed by atoms with E-state index in [1.54, 1.807) is 0 Å². The topological polar surface area (TPSA) is 37.7 Å². The summed E-state index contributed by atoms with van der Waals surface area (Å²) in [5.74, 6) is 0.876. The molecule has 0 aliphatic carbocycles. The second kappa shape index (κ2) is 7.24. The summed E-state index contributed by atoms with van der Waals surface area (Å²) in [6, 6.07) is 12.6. The Morgan fingerprint density at radius 2 is 2.12 bits per heavy atom. The van der Waals surface area contributed by atoms with Crippen LogP contribution in [0.1, 0.15) is 44.1 Å². The van der Waals surface area contributed by atoms with Crippen LogP contribution in [0, 0.1) is 0 Å². The maximum atomic E-state index is 5.87. The Bertz CT molecular complexity index is 827. The third-order valence-corrected chi connectivity index (χ3v) is 6.26. The van der Waals surface area contributed by atoms with Crippen molar-refractivity contribution >= 4 is 32.9 Å². The van der Waals surface area contributed by atoms with Crippen molar-refractivity contribution in [2.75, 3.05) is 6.54 Å². The molecule has 0 radical (unpaired) electrons. The SMILES string of the molecule is CC(C)Oc1ccc(C2C(c3ccccn3)N=C3SC(C)CN32)cc1Br. The van der Waals surface area contributed by atoms with E-state index in [0.717, 1.165) is 27.6 Å². The van der Waals surface area contributed by atoms with E-state index >= 15 is 0 Å². The Hall–Kier alpha value is -1.53. The lowest BCUT2D eigenvalue weighted by molar-refractivity contribution is 0.240. The van der Waals surface area contributed by atoms with Crippen molar-refractivity contribution in [3.8, 4) is 5.75 Å². The van der Waals surface area contributed by atoms with E-state index in [4.69, 9.17) is 9.73 Å². The summed E-state index contributed by atoms with van der Waals surface area (Å²) in [6.45, 7) is 7.35. The second-order valence-corrected chi connectivity index (χ2v) is 9.25. The minimum atomic E-state index is 0.0231. The van der Waals surface area contributed by atoms with Crippen LogP contribution in [0.15, 0.2) is 52.1 Å². The molecule has 4 nitrogen and oxygen atoms in total. The predicted octanol–water partition coefficient (Wildman–Crippen LogP) is 5.22. The quantitative estimate of drug-likeness (QED) is 0.664. The van der Waals surface area contributed by atoms with Crippen LogP contribution in [-0.2, 0) is 0 Å². The van der Waals surface area contributed by atoms with Crippen molar-refractivity contribution < 1.29 is 4.74 Å². The monoisotopic (exact) mass is 431 g/mol. The summed E-state index contributed by atoms with van der Waals surface area (Å²) >= 11 is 5.54. The molecule has 3 unspecified atom stereocenters. The van der Waals surface area contributed by atoms with Crippen LogP contribution in [-0.4, -0.2) is 33.0 Å². The molecule has 1 aromatic carbocycles. The molecule has 2 aliphatic rings. The minimum absolute atomic E-state index is 0.0231. The maximum absolute atomic E-state index is 5.87. The molecule has 136 valence electrons. The molecule has 0 bridgehead atoms. The van der Waals surface area contributed by atoms with Crippen molar-refractivity contribution in [3.63, 3.8) is 0 Å². The molecule has 1 saturated heterocycles. The fourth-order valence-electron chi connectivity index (χ4n) is 3.53. The number of amidine groups is 1. The zero-order valence-electron chi connectivity index (χ0n) is 15.1. The molecule has 4 rings (SSSR count). The third-order valence-electron chi connectivity index (χ3n) is 4.54. The molecule has 3 heterocycles. The lowest BCUT2D eigenvalue weighted by Crippen LogP contribution is -2.28. The molecule has 2 aromatic rings. The van der Waals surface area contributed by atoms with E-state index in [2.05, 4.69) is 57.0 Å². The van der Waals surface area contributed by atoms with Gasteiger partial charge in [0.05, 0.1) is 22.3 Å². The number of aromatic nitrogens is 1. The van der Waals surface area contributed by atoms with Crippen LogP contribution in [0.3, 0.4) is 0 Å². The van der Waals surface area contributed by atoms with Crippen LogP contribution >= 0.6 is 27.7 Å². The first-order chi connectivity index (χ1) is 12.5. The number of pyridine rings is 1. The molecular weight excluding hydrogens is 410 g/mol. The molecule has 6 heteroatoms. The lowest BCUT2D eigenvalue weighted by atomic mass is 9.96. The molecule has 0 amide bonds. The van der Waals surface area contributed by atoms with Gasteiger partial charge >= 0.3 is 0 Å². The molecule has 1 fully saturated rings. The number of nitrogens with zero attached hydrogens (tertiary/aromatic N) is 3. The summed E-state index contributed by atoms with van der Waals surface area (Å²) in [5.41, 5.74) is 2.25. The summed E-state index contributed by atoms with van der Waals surface area (Å²) in [7, 11) is 0. The van der Waals surface area contributed by atoms with Gasteiger partial charge < -0.3 is 9.64 Å². The molecule has 26 heavy (non-hydrogen) atoms. The van der Waals surface area contributed by atoms with Crippen molar-refractivity contribution in [2.24, 2.45) is 4.99 Å². The van der Waals surface area contributed by atoms with Gasteiger partial charge in [0, 0.05) is 18.0 Å². The summed E-state index contributed by atoms with van der Waals surface area (Å²) in [4.78, 5) is 12.0. The average Bonchev–Trinajstić information content (AvgIpc) is 3.13. The first-order valence-electron chi connectivity index (χ1n) is 8.91. The van der Waals surface area contributed by atoms with E-state index < -0.39 is 0 Å². The highest BCUT2D eigenvalue weighted by Crippen LogP contribution is 2.48. The molecular formula is C20H22BrN3OS. The van der Waals surface area contributed by atoms with Gasteiger partial charge in [0.15, 0.2) is 5.17 Å². The number of ether oxygens (including phenoxy) is 1. The van der Waals surface area contributed by atoms with Gasteiger partial charge in [-0.15, -0.1) is 0 Å². The van der Waals surface area contributed by atoms with Crippen molar-refractivity contribution in [1.29, 1.82) is 0 Å². The molecule has 2 aliphatic heterocycles. The first kappa shape index (κ1) is 17.9. The maximum Gasteiger partial charge on any atom is 0.160 e. The number of thioether (sulfide) groups is 1. The summed E-state index contributed by atoms with van der Waals surface area (Å²) < 4.78 is 6.86. The summed E-state index contributed by atoms with van der Waals surface area (Å²) in [5, 5.41) is 1.70. The number of rotatable bonds is 4. The zero-order valence-corrected chi connectivity index (χ0v) is 17.5. The third kappa shape index (κ3) is 3.37. The highest BCUT2D eigenvalue weighted by Gasteiger charge is 2.43. The van der Waals surface area contributed by atoms with Crippen LogP contribution in [0.25, 0.3) is 0 Å². The van der Waals surface area contributed by atoms with Gasteiger partial charge in [-0.3, -0.25) is 9.98 Å². The standard InChI is InChI=1S/C20H22BrN3OS/c1-12(2)25-17-8-7-14(10-15(17)21)19-18(16-6-4-5-9-22-16)23-20-24(19)11-13(3)26-20/h4-10,12-13,18-19H,11H2,1-3H3. The Kier molecular flexibility index (Phi) is 4.97. The van der Waals surface area contributed by atoms with Gasteiger partial charge in [0.2, 0.25) is 0 Å². The number of fused-ring (bicyclic) bond motifs is 1. The Morgan fingerprint density at radius 3 is 2.81 bits per heavy atom. The van der Waals surface area contributed by atoms with Crippen molar-refractivity contribution in [2.45, 2.75) is 44.2 Å². The van der Waals surface area contributed by atoms with Crippen molar-refractivity contribution in [1.82, 2.24) is 9.88 Å². The molecule has 1 aromatic heterocycles. The van der Waals surface area contributed by atoms with Gasteiger partial charge in [-0.25, -0.2) is 0 Å². The predicted molar refractivity (Wildman–Crippen MR) is 111 cm³/mol. The Balaban J connectivity index is 1.71. The molecule has 0 saturated carbocycles. The van der Waals surface area contributed by atoms with Gasteiger partial charge in [-0.05, 0) is 59.6 Å². The molecule has 0 spiro atoms. The Morgan fingerprint density at radius 1 is 1.27 bits per heavy atom. The normalized spacial score (nSPS) is 24.7. The first-order valence-corrected chi connectivity index (χ1v) is 10.6. The zero-order chi connectivity index (χ0) is 18.3. The number of halogens is 1. The van der Waals surface area contributed by atoms with E-state index in [1.165, 1.54) is 5.56 Å². The molecule has 0 N–H and O–H groups in total. The van der Waals surface area contributed by atoms with Crippen LogP contribution in [0.4, 0.5) is 0 Å². The Labute approximate surface area is 167 Å². The minimum Gasteiger partial charge on any atom is -0.490 e. The van der Waals surface area contributed by atoms with Crippen molar-refractivity contribution in [3.05, 3.63) is 58.3 Å². The van der Waals surface area contributed by atoms with Gasteiger partial charge in [0.25, 0.3) is 0 Å². The van der Waals surface area contributed by atoms with E-state index in [1.807, 2.05) is 43.9 Å². The van der Waals surface area contributed by atoms with Gasteiger partial charge in [-0.1, -0.05) is 30.8 Å². The number of aliphatic imine (C=N–C) groups is 1. The molecule has 3 atom stereocenters.